The Morgan fingerprint density at radius 3 is 2.34 bits per heavy atom. The van der Waals surface area contributed by atoms with Crippen molar-refractivity contribution in [2.75, 3.05) is 6.61 Å². The number of ketones is 1. The van der Waals surface area contributed by atoms with E-state index in [2.05, 4.69) is 4.72 Å². The van der Waals surface area contributed by atoms with Crippen molar-refractivity contribution in [3.05, 3.63) is 94.5 Å². The van der Waals surface area contributed by atoms with Gasteiger partial charge in [0.05, 0.1) is 4.90 Å². The molecule has 3 aromatic carbocycles. The van der Waals surface area contributed by atoms with Crippen molar-refractivity contribution in [1.82, 2.24) is 4.72 Å². The molecule has 2 N–H and O–H groups in total. The van der Waals surface area contributed by atoms with Crippen molar-refractivity contribution in [2.45, 2.75) is 25.3 Å². The Hall–Kier alpha value is -3.49. The first-order chi connectivity index (χ1) is 15.2. The standard InChI is InChI=1S/C24H23NO6S/c1-16-8-9-19(12-17(16)2)23(27)15-31-24(28)21-13-20(10-11-22(21)26)32(29,30)25-14-18-6-4-3-5-7-18/h3-13,25-26H,14-15H2,1-2H3. The highest BCUT2D eigenvalue weighted by molar-refractivity contribution is 7.89. The molecule has 0 aliphatic carbocycles. The summed E-state index contributed by atoms with van der Waals surface area (Å²) in [7, 11) is -3.95. The first-order valence-electron chi connectivity index (χ1n) is 9.81. The van der Waals surface area contributed by atoms with Gasteiger partial charge in [0.2, 0.25) is 10.0 Å². The van der Waals surface area contributed by atoms with E-state index in [1.807, 2.05) is 19.9 Å². The van der Waals surface area contributed by atoms with E-state index >= 15 is 0 Å². The van der Waals surface area contributed by atoms with Crippen LogP contribution in [-0.2, 0) is 21.3 Å². The van der Waals surface area contributed by atoms with Gasteiger partial charge in [0.15, 0.2) is 12.4 Å². The van der Waals surface area contributed by atoms with Crippen LogP contribution < -0.4 is 4.72 Å². The monoisotopic (exact) mass is 453 g/mol. The molecule has 0 amide bonds. The number of hydrogen-bond donors (Lipinski definition) is 2. The SMILES string of the molecule is Cc1ccc(C(=O)COC(=O)c2cc(S(=O)(=O)NCc3ccccc3)ccc2O)cc1C. The van der Waals surface area contributed by atoms with Gasteiger partial charge in [-0.3, -0.25) is 4.79 Å². The van der Waals surface area contributed by atoms with E-state index < -0.39 is 34.1 Å². The van der Waals surface area contributed by atoms with Crippen LogP contribution in [-0.4, -0.2) is 31.9 Å². The minimum Gasteiger partial charge on any atom is -0.507 e. The number of aryl methyl sites for hydroxylation is 2. The van der Waals surface area contributed by atoms with Gasteiger partial charge in [0.25, 0.3) is 0 Å². The summed E-state index contributed by atoms with van der Waals surface area (Å²) in [6, 6.07) is 17.4. The molecule has 0 atom stereocenters. The second kappa shape index (κ2) is 9.76. The van der Waals surface area contributed by atoms with Crippen molar-refractivity contribution >= 4 is 21.8 Å². The number of aromatic hydroxyl groups is 1. The first-order valence-corrected chi connectivity index (χ1v) is 11.3. The molecule has 166 valence electrons. The van der Waals surface area contributed by atoms with Gasteiger partial charge in [-0.1, -0.05) is 42.5 Å². The maximum atomic E-state index is 12.6. The number of hydrogen-bond acceptors (Lipinski definition) is 6. The van der Waals surface area contributed by atoms with Gasteiger partial charge >= 0.3 is 5.97 Å². The van der Waals surface area contributed by atoms with E-state index in [1.54, 1.807) is 42.5 Å². The Bertz CT molecular complexity index is 1250. The van der Waals surface area contributed by atoms with E-state index in [9.17, 15) is 23.1 Å². The van der Waals surface area contributed by atoms with Crippen LogP contribution in [0.3, 0.4) is 0 Å². The van der Waals surface area contributed by atoms with Gasteiger partial charge < -0.3 is 9.84 Å². The van der Waals surface area contributed by atoms with Crippen LogP contribution in [0.1, 0.15) is 37.4 Å². The molecule has 0 unspecified atom stereocenters. The summed E-state index contributed by atoms with van der Waals surface area (Å²) in [5.41, 5.74) is 2.77. The van der Waals surface area contributed by atoms with Gasteiger partial charge in [-0.2, -0.15) is 0 Å². The highest BCUT2D eigenvalue weighted by Crippen LogP contribution is 2.22. The molecule has 0 aliphatic heterocycles. The van der Waals surface area contributed by atoms with E-state index in [4.69, 9.17) is 4.74 Å². The fourth-order valence-corrected chi connectivity index (χ4v) is 3.95. The molecule has 3 rings (SSSR count). The molecule has 0 bridgehead atoms. The number of nitrogens with one attached hydrogen (secondary N) is 1. The fraction of sp³-hybridized carbons (Fsp3) is 0.167. The second-order valence-electron chi connectivity index (χ2n) is 7.29. The number of phenols is 1. The highest BCUT2D eigenvalue weighted by Gasteiger charge is 2.21. The average molecular weight is 454 g/mol. The Labute approximate surface area is 186 Å². The Morgan fingerprint density at radius 1 is 0.938 bits per heavy atom. The predicted octanol–water partition coefficient (Wildman–Crippen LogP) is 3.53. The lowest BCUT2D eigenvalue weighted by molar-refractivity contribution is 0.0471. The number of sulfonamides is 1. The number of esters is 1. The Morgan fingerprint density at radius 2 is 1.66 bits per heavy atom. The van der Waals surface area contributed by atoms with Gasteiger partial charge in [-0.25, -0.2) is 17.9 Å². The second-order valence-corrected chi connectivity index (χ2v) is 9.05. The van der Waals surface area contributed by atoms with Crippen molar-refractivity contribution in [1.29, 1.82) is 0 Å². The van der Waals surface area contributed by atoms with Crippen LogP contribution in [0.25, 0.3) is 0 Å². The molecule has 0 spiro atoms. The minimum absolute atomic E-state index is 0.0638. The smallest absolute Gasteiger partial charge is 0.342 e. The molecule has 0 heterocycles. The molecule has 0 saturated carbocycles. The van der Waals surface area contributed by atoms with E-state index in [0.717, 1.165) is 28.8 Å². The normalized spacial score (nSPS) is 11.2. The number of benzene rings is 3. The predicted molar refractivity (Wildman–Crippen MR) is 119 cm³/mol. The maximum Gasteiger partial charge on any atom is 0.342 e. The average Bonchev–Trinajstić information content (AvgIpc) is 2.78. The van der Waals surface area contributed by atoms with E-state index in [-0.39, 0.29) is 17.0 Å². The molecule has 3 aromatic rings. The summed E-state index contributed by atoms with van der Waals surface area (Å²) in [5, 5.41) is 10.0. The van der Waals surface area contributed by atoms with Crippen LogP contribution in [0.4, 0.5) is 0 Å². The van der Waals surface area contributed by atoms with Crippen LogP contribution in [0, 0.1) is 13.8 Å². The molecule has 0 saturated heterocycles. The largest absolute Gasteiger partial charge is 0.507 e. The lowest BCUT2D eigenvalue weighted by atomic mass is 10.0. The minimum atomic E-state index is -3.95. The molecular formula is C24H23NO6S. The topological polar surface area (TPSA) is 110 Å². The molecule has 0 aliphatic rings. The van der Waals surface area contributed by atoms with Gasteiger partial charge in [0, 0.05) is 12.1 Å². The molecule has 7 nitrogen and oxygen atoms in total. The number of rotatable bonds is 8. The van der Waals surface area contributed by atoms with Crippen LogP contribution in [0.2, 0.25) is 0 Å². The third-order valence-corrected chi connectivity index (χ3v) is 6.37. The third kappa shape index (κ3) is 5.60. The Kier molecular flexibility index (Phi) is 7.07. The number of phenolic OH excluding ortho intramolecular Hbond substituents is 1. The zero-order valence-electron chi connectivity index (χ0n) is 17.7. The van der Waals surface area contributed by atoms with Gasteiger partial charge in [0.1, 0.15) is 11.3 Å². The highest BCUT2D eigenvalue weighted by atomic mass is 32.2. The van der Waals surface area contributed by atoms with Gasteiger partial charge in [-0.05, 0) is 54.8 Å². The molecular weight excluding hydrogens is 430 g/mol. The lowest BCUT2D eigenvalue weighted by Crippen LogP contribution is -2.23. The van der Waals surface area contributed by atoms with E-state index in [1.165, 1.54) is 6.07 Å². The van der Waals surface area contributed by atoms with Crippen molar-refractivity contribution in [3.8, 4) is 5.75 Å². The molecule has 0 aromatic heterocycles. The fourth-order valence-electron chi connectivity index (χ4n) is 2.91. The molecule has 0 radical (unpaired) electrons. The summed E-state index contributed by atoms with van der Waals surface area (Å²) in [5.74, 6) is -1.86. The number of carbonyl (C=O) groups is 2. The summed E-state index contributed by atoms with van der Waals surface area (Å²) in [6.45, 7) is 3.31. The summed E-state index contributed by atoms with van der Waals surface area (Å²) < 4.78 is 32.7. The molecule has 8 heteroatoms. The third-order valence-electron chi connectivity index (χ3n) is 4.97. The number of Topliss-reactive ketones (excluding diaryl/α,β-unsaturated/α-hetero) is 1. The van der Waals surface area contributed by atoms with Crippen LogP contribution >= 0.6 is 0 Å². The van der Waals surface area contributed by atoms with Crippen molar-refractivity contribution < 1.29 is 27.9 Å². The van der Waals surface area contributed by atoms with Gasteiger partial charge in [-0.15, -0.1) is 0 Å². The zero-order chi connectivity index (χ0) is 23.3. The Balaban J connectivity index is 1.70. The number of ether oxygens (including phenoxy) is 1. The number of carbonyl (C=O) groups excluding carboxylic acids is 2. The zero-order valence-corrected chi connectivity index (χ0v) is 18.5. The van der Waals surface area contributed by atoms with Crippen molar-refractivity contribution in [3.63, 3.8) is 0 Å². The van der Waals surface area contributed by atoms with Crippen LogP contribution in [0.15, 0.2) is 71.6 Å². The first kappa shape index (κ1) is 23.2. The van der Waals surface area contributed by atoms with Crippen molar-refractivity contribution in [2.24, 2.45) is 0 Å². The summed E-state index contributed by atoms with van der Waals surface area (Å²) in [4.78, 5) is 24.6. The summed E-state index contributed by atoms with van der Waals surface area (Å²) in [6.07, 6.45) is 0. The summed E-state index contributed by atoms with van der Waals surface area (Å²) >= 11 is 0. The molecule has 32 heavy (non-hydrogen) atoms. The quantitative estimate of drug-likeness (QED) is 0.399. The lowest BCUT2D eigenvalue weighted by Gasteiger charge is -2.10. The van der Waals surface area contributed by atoms with E-state index in [0.29, 0.717) is 5.56 Å². The molecule has 0 fully saturated rings. The maximum absolute atomic E-state index is 12.6. The van der Waals surface area contributed by atoms with Crippen LogP contribution in [0.5, 0.6) is 5.75 Å².